The Morgan fingerprint density at radius 2 is 1.65 bits per heavy atom. The molecule has 5 aromatic rings. The predicted molar refractivity (Wildman–Crippen MR) is 124 cm³/mol. The lowest BCUT2D eigenvalue weighted by Gasteiger charge is -2.11. The zero-order valence-electron chi connectivity index (χ0n) is 17.8. The highest BCUT2D eigenvalue weighted by atomic mass is 19.4. The fourth-order valence-electron chi connectivity index (χ4n) is 4.21. The van der Waals surface area contributed by atoms with Crippen LogP contribution in [0, 0.1) is 6.07 Å². The van der Waals surface area contributed by atoms with Gasteiger partial charge in [0.1, 0.15) is 5.75 Å². The number of nitrogens with two attached hydrogens (primary N) is 1. The molecule has 0 saturated carbocycles. The molecule has 4 aromatic carbocycles. The molecule has 0 atom stereocenters. The number of aromatic nitrogens is 1. The second-order valence-corrected chi connectivity index (χ2v) is 7.86. The zero-order valence-corrected chi connectivity index (χ0v) is 17.8. The lowest BCUT2D eigenvalue weighted by Crippen LogP contribution is -2.17. The van der Waals surface area contributed by atoms with E-state index < -0.39 is 12.3 Å². The van der Waals surface area contributed by atoms with Gasteiger partial charge < -0.3 is 15.0 Å². The van der Waals surface area contributed by atoms with Crippen molar-refractivity contribution < 1.29 is 22.7 Å². The summed E-state index contributed by atoms with van der Waals surface area (Å²) in [4.78, 5) is 12.2. The molecule has 1 radical (unpaired) electrons. The van der Waals surface area contributed by atoms with Gasteiger partial charge in [-0.05, 0) is 59.2 Å². The molecule has 4 nitrogen and oxygen atoms in total. The number of primary amides is 1. The summed E-state index contributed by atoms with van der Waals surface area (Å²) < 4.78 is 43.5. The molecule has 7 heteroatoms. The second kappa shape index (κ2) is 8.26. The minimum absolute atomic E-state index is 0.283. The van der Waals surface area contributed by atoms with Gasteiger partial charge in [-0.1, -0.05) is 48.5 Å². The van der Waals surface area contributed by atoms with Gasteiger partial charge in [0.2, 0.25) is 5.91 Å². The first kappa shape index (κ1) is 21.6. The van der Waals surface area contributed by atoms with Crippen LogP contribution in [0.5, 0.6) is 5.75 Å². The summed E-state index contributed by atoms with van der Waals surface area (Å²) in [5, 5.41) is 1.45. The van der Waals surface area contributed by atoms with Gasteiger partial charge in [-0.25, -0.2) is 0 Å². The Balaban J connectivity index is 1.67. The SMILES string of the molecule is NC(=O)c1cccc2c1c1[c]cc(-c3ccccc3)cc1n2Cc1ccc(OC(F)(F)F)cc1. The Morgan fingerprint density at radius 1 is 0.912 bits per heavy atom. The summed E-state index contributed by atoms with van der Waals surface area (Å²) in [6.07, 6.45) is -4.75. The third-order valence-corrected chi connectivity index (χ3v) is 5.66. The van der Waals surface area contributed by atoms with Gasteiger partial charge in [0.05, 0.1) is 11.0 Å². The molecule has 169 valence electrons. The van der Waals surface area contributed by atoms with E-state index in [1.165, 1.54) is 12.1 Å². The molecule has 0 unspecified atom stereocenters. The molecule has 2 N–H and O–H groups in total. The first-order valence-electron chi connectivity index (χ1n) is 10.5. The summed E-state index contributed by atoms with van der Waals surface area (Å²) in [5.74, 6) is -0.826. The number of ether oxygens (including phenoxy) is 1. The second-order valence-electron chi connectivity index (χ2n) is 7.86. The van der Waals surface area contributed by atoms with Crippen LogP contribution in [0.3, 0.4) is 0 Å². The molecule has 1 heterocycles. The van der Waals surface area contributed by atoms with Crippen molar-refractivity contribution in [2.45, 2.75) is 12.9 Å². The zero-order chi connectivity index (χ0) is 23.9. The van der Waals surface area contributed by atoms with Gasteiger partial charge in [0.15, 0.2) is 0 Å². The molecule has 1 amide bonds. The number of halogens is 3. The standard InChI is InChI=1S/C27H18F3N2O2/c28-27(29,30)34-20-12-9-17(10-13-20)16-32-23-8-4-7-22(26(31)33)25(23)21-14-11-19(15-24(21)32)18-5-2-1-3-6-18/h1-13,15H,16H2,(H2,31,33). The highest BCUT2D eigenvalue weighted by Crippen LogP contribution is 2.35. The Morgan fingerprint density at radius 3 is 2.32 bits per heavy atom. The fraction of sp³-hybridized carbons (Fsp3) is 0.0741. The van der Waals surface area contributed by atoms with Crippen LogP contribution in [0.25, 0.3) is 32.9 Å². The fourth-order valence-corrected chi connectivity index (χ4v) is 4.21. The Kier molecular flexibility index (Phi) is 5.24. The van der Waals surface area contributed by atoms with Crippen LogP contribution in [0.2, 0.25) is 0 Å². The number of carbonyl (C=O) groups is 1. The summed E-state index contributed by atoms with van der Waals surface area (Å²) >= 11 is 0. The van der Waals surface area contributed by atoms with Crippen molar-refractivity contribution in [2.24, 2.45) is 5.73 Å². The molecule has 0 saturated heterocycles. The molecule has 0 aliphatic rings. The van der Waals surface area contributed by atoms with Crippen molar-refractivity contribution in [3.05, 3.63) is 102 Å². The Bertz CT molecular complexity index is 1510. The summed E-state index contributed by atoms with van der Waals surface area (Å²) in [6, 6.07) is 28.1. The molecular formula is C27H18F3N2O2. The Hall–Kier alpha value is -4.26. The van der Waals surface area contributed by atoms with Gasteiger partial charge in [0.25, 0.3) is 0 Å². The van der Waals surface area contributed by atoms with E-state index in [4.69, 9.17) is 5.73 Å². The van der Waals surface area contributed by atoms with Crippen LogP contribution in [0.15, 0.2) is 84.9 Å². The quantitative estimate of drug-likeness (QED) is 0.335. The maximum atomic E-state index is 12.5. The van der Waals surface area contributed by atoms with Crippen molar-refractivity contribution in [3.63, 3.8) is 0 Å². The number of alkyl halides is 3. The van der Waals surface area contributed by atoms with E-state index in [1.807, 2.05) is 53.1 Å². The van der Waals surface area contributed by atoms with Crippen molar-refractivity contribution in [2.75, 3.05) is 0 Å². The van der Waals surface area contributed by atoms with Crippen LogP contribution < -0.4 is 10.5 Å². The van der Waals surface area contributed by atoms with Crippen molar-refractivity contribution in [1.82, 2.24) is 4.57 Å². The number of hydrogen-bond acceptors (Lipinski definition) is 2. The van der Waals surface area contributed by atoms with E-state index in [0.717, 1.165) is 33.1 Å². The number of benzene rings is 4. The predicted octanol–water partition coefficient (Wildman–Crippen LogP) is 6.31. The Labute approximate surface area is 193 Å². The summed E-state index contributed by atoms with van der Waals surface area (Å²) in [7, 11) is 0. The molecule has 0 spiro atoms. The minimum atomic E-state index is -4.75. The number of fused-ring (bicyclic) bond motifs is 3. The molecular weight excluding hydrogens is 441 g/mol. The van der Waals surface area contributed by atoms with Crippen LogP contribution in [-0.4, -0.2) is 16.8 Å². The maximum Gasteiger partial charge on any atom is 0.573 e. The normalized spacial score (nSPS) is 11.7. The van der Waals surface area contributed by atoms with E-state index in [0.29, 0.717) is 17.5 Å². The molecule has 0 aliphatic heterocycles. The van der Waals surface area contributed by atoms with Crippen LogP contribution in [0.4, 0.5) is 13.2 Å². The van der Waals surface area contributed by atoms with Crippen molar-refractivity contribution >= 4 is 27.7 Å². The van der Waals surface area contributed by atoms with Crippen molar-refractivity contribution in [3.8, 4) is 16.9 Å². The first-order valence-corrected chi connectivity index (χ1v) is 10.5. The first-order chi connectivity index (χ1) is 16.3. The topological polar surface area (TPSA) is 57.2 Å². The number of nitrogens with zero attached hydrogens (tertiary/aromatic N) is 1. The van der Waals surface area contributed by atoms with E-state index in [2.05, 4.69) is 10.8 Å². The third-order valence-electron chi connectivity index (χ3n) is 5.66. The van der Waals surface area contributed by atoms with Crippen LogP contribution in [0.1, 0.15) is 15.9 Å². The van der Waals surface area contributed by atoms with Gasteiger partial charge in [-0.3, -0.25) is 4.79 Å². The number of hydrogen-bond donors (Lipinski definition) is 1. The average molecular weight is 459 g/mol. The number of rotatable bonds is 5. The van der Waals surface area contributed by atoms with E-state index >= 15 is 0 Å². The lowest BCUT2D eigenvalue weighted by molar-refractivity contribution is -0.274. The molecule has 5 rings (SSSR count). The molecule has 0 aliphatic carbocycles. The van der Waals surface area contributed by atoms with E-state index in [1.54, 1.807) is 24.3 Å². The monoisotopic (exact) mass is 459 g/mol. The highest BCUT2D eigenvalue weighted by molar-refractivity contribution is 6.18. The van der Waals surface area contributed by atoms with E-state index in [-0.39, 0.29) is 5.75 Å². The molecule has 1 aromatic heterocycles. The highest BCUT2D eigenvalue weighted by Gasteiger charge is 2.31. The van der Waals surface area contributed by atoms with Gasteiger partial charge in [0, 0.05) is 22.9 Å². The van der Waals surface area contributed by atoms with Gasteiger partial charge in [-0.15, -0.1) is 13.2 Å². The number of carbonyl (C=O) groups excluding carboxylic acids is 1. The van der Waals surface area contributed by atoms with E-state index in [9.17, 15) is 18.0 Å². The average Bonchev–Trinajstić information content (AvgIpc) is 3.13. The van der Waals surface area contributed by atoms with Gasteiger partial charge >= 0.3 is 6.36 Å². The molecule has 0 fully saturated rings. The molecule has 34 heavy (non-hydrogen) atoms. The summed E-state index contributed by atoms with van der Waals surface area (Å²) in [5.41, 5.74) is 10.4. The third kappa shape index (κ3) is 4.08. The molecule has 0 bridgehead atoms. The van der Waals surface area contributed by atoms with Crippen LogP contribution in [-0.2, 0) is 6.54 Å². The van der Waals surface area contributed by atoms with Gasteiger partial charge in [-0.2, -0.15) is 0 Å². The minimum Gasteiger partial charge on any atom is -0.406 e. The largest absolute Gasteiger partial charge is 0.573 e. The lowest BCUT2D eigenvalue weighted by atomic mass is 10.0. The summed E-state index contributed by atoms with van der Waals surface area (Å²) in [6.45, 7) is 0.362. The van der Waals surface area contributed by atoms with Crippen molar-refractivity contribution in [1.29, 1.82) is 0 Å². The smallest absolute Gasteiger partial charge is 0.406 e. The maximum absolute atomic E-state index is 12.5. The number of amides is 1. The van der Waals surface area contributed by atoms with Crippen LogP contribution >= 0.6 is 0 Å².